The highest BCUT2D eigenvalue weighted by Gasteiger charge is 2.33. The molecule has 1 rings (SSSR count). The second-order valence-corrected chi connectivity index (χ2v) is 6.49. The normalized spacial score (nSPS) is 27.3. The molecule has 0 saturated carbocycles. The van der Waals surface area contributed by atoms with Gasteiger partial charge in [-0.05, 0) is 38.7 Å². The van der Waals surface area contributed by atoms with Crippen molar-refractivity contribution < 1.29 is 28.6 Å². The summed E-state index contributed by atoms with van der Waals surface area (Å²) in [6.45, 7) is 6.44. The SMILES string of the molecule is CCCCC[C@H]1OC(=O)[C@H](C)[C@H](OC(C)=O)C=CCC[C@@H]1OC(C)=O. The maximum atomic E-state index is 12.5. The number of unbranched alkanes of at least 4 members (excludes halogenated alkanes) is 2. The van der Waals surface area contributed by atoms with E-state index in [9.17, 15) is 14.4 Å². The first kappa shape index (κ1) is 21.2. The van der Waals surface area contributed by atoms with Crippen molar-refractivity contribution in [2.24, 2.45) is 5.92 Å². The van der Waals surface area contributed by atoms with Crippen LogP contribution in [0.15, 0.2) is 12.2 Å². The molecule has 0 aromatic carbocycles. The van der Waals surface area contributed by atoms with Gasteiger partial charge in [0.1, 0.15) is 18.3 Å². The number of carbonyl (C=O) groups is 3. The third-order valence-corrected chi connectivity index (χ3v) is 4.20. The van der Waals surface area contributed by atoms with E-state index in [1.165, 1.54) is 13.8 Å². The lowest BCUT2D eigenvalue weighted by atomic mass is 9.98. The van der Waals surface area contributed by atoms with Crippen LogP contribution >= 0.6 is 0 Å². The smallest absolute Gasteiger partial charge is 0.313 e. The largest absolute Gasteiger partial charge is 0.459 e. The zero-order valence-electron chi connectivity index (χ0n) is 15.7. The van der Waals surface area contributed by atoms with E-state index in [1.54, 1.807) is 13.0 Å². The van der Waals surface area contributed by atoms with Crippen molar-refractivity contribution in [3.63, 3.8) is 0 Å². The van der Waals surface area contributed by atoms with E-state index in [4.69, 9.17) is 14.2 Å². The van der Waals surface area contributed by atoms with E-state index in [1.807, 2.05) is 6.08 Å². The maximum absolute atomic E-state index is 12.5. The molecule has 0 aliphatic carbocycles. The lowest BCUT2D eigenvalue weighted by Crippen LogP contribution is -2.39. The molecule has 6 heteroatoms. The molecule has 0 aromatic rings. The number of allylic oxidation sites excluding steroid dienone is 1. The highest BCUT2D eigenvalue weighted by atomic mass is 16.6. The summed E-state index contributed by atoms with van der Waals surface area (Å²) in [4.78, 5) is 35.2. The van der Waals surface area contributed by atoms with E-state index in [2.05, 4.69) is 6.92 Å². The van der Waals surface area contributed by atoms with Crippen LogP contribution in [0.5, 0.6) is 0 Å². The molecule has 1 heterocycles. The number of hydrogen-bond acceptors (Lipinski definition) is 6. The van der Waals surface area contributed by atoms with Crippen LogP contribution in [0.3, 0.4) is 0 Å². The molecule has 1 aliphatic rings. The fourth-order valence-corrected chi connectivity index (χ4v) is 2.83. The zero-order chi connectivity index (χ0) is 18.8. The Kier molecular flexibility index (Phi) is 9.24. The van der Waals surface area contributed by atoms with Crippen LogP contribution in [0.4, 0.5) is 0 Å². The molecule has 4 atom stereocenters. The molecule has 25 heavy (non-hydrogen) atoms. The Labute approximate surface area is 149 Å². The van der Waals surface area contributed by atoms with Crippen LogP contribution in [0, 0.1) is 5.92 Å². The van der Waals surface area contributed by atoms with Gasteiger partial charge in [-0.3, -0.25) is 14.4 Å². The number of esters is 3. The van der Waals surface area contributed by atoms with Crippen LogP contribution in [-0.2, 0) is 28.6 Å². The number of ether oxygens (including phenoxy) is 3. The molecule has 0 aromatic heterocycles. The molecule has 1 aliphatic heterocycles. The fourth-order valence-electron chi connectivity index (χ4n) is 2.83. The lowest BCUT2D eigenvalue weighted by Gasteiger charge is -2.29. The van der Waals surface area contributed by atoms with Crippen LogP contribution < -0.4 is 0 Å². The Morgan fingerprint density at radius 2 is 1.88 bits per heavy atom. The summed E-state index contributed by atoms with van der Waals surface area (Å²) in [6, 6.07) is 0. The van der Waals surface area contributed by atoms with E-state index in [0.717, 1.165) is 19.3 Å². The third kappa shape index (κ3) is 7.71. The minimum absolute atomic E-state index is 0.381. The van der Waals surface area contributed by atoms with Crippen molar-refractivity contribution in [3.05, 3.63) is 12.2 Å². The fraction of sp³-hybridized carbons (Fsp3) is 0.737. The van der Waals surface area contributed by atoms with Gasteiger partial charge in [-0.2, -0.15) is 0 Å². The van der Waals surface area contributed by atoms with Gasteiger partial charge in [-0.25, -0.2) is 0 Å². The van der Waals surface area contributed by atoms with Crippen molar-refractivity contribution in [1.29, 1.82) is 0 Å². The zero-order valence-corrected chi connectivity index (χ0v) is 15.7. The average molecular weight is 354 g/mol. The summed E-state index contributed by atoms with van der Waals surface area (Å²) in [6.07, 6.45) is 6.79. The minimum atomic E-state index is -0.647. The van der Waals surface area contributed by atoms with Crippen LogP contribution in [-0.4, -0.2) is 36.2 Å². The minimum Gasteiger partial charge on any atom is -0.459 e. The summed E-state index contributed by atoms with van der Waals surface area (Å²) in [5.74, 6) is -1.89. The van der Waals surface area contributed by atoms with Gasteiger partial charge in [0.25, 0.3) is 0 Å². The van der Waals surface area contributed by atoms with Crippen molar-refractivity contribution >= 4 is 17.9 Å². The second-order valence-electron chi connectivity index (χ2n) is 6.49. The summed E-state index contributed by atoms with van der Waals surface area (Å²) >= 11 is 0. The molecule has 0 fully saturated rings. The Morgan fingerprint density at radius 3 is 2.48 bits per heavy atom. The average Bonchev–Trinajstić information content (AvgIpc) is 2.53. The van der Waals surface area contributed by atoms with Crippen LogP contribution in [0.2, 0.25) is 0 Å². The quantitative estimate of drug-likeness (QED) is 0.315. The topological polar surface area (TPSA) is 78.9 Å². The third-order valence-electron chi connectivity index (χ3n) is 4.20. The number of hydrogen-bond donors (Lipinski definition) is 0. The molecule has 6 nitrogen and oxygen atoms in total. The maximum Gasteiger partial charge on any atom is 0.313 e. The Bertz CT molecular complexity index is 484. The molecular weight excluding hydrogens is 324 g/mol. The van der Waals surface area contributed by atoms with E-state index in [0.29, 0.717) is 19.3 Å². The summed E-state index contributed by atoms with van der Waals surface area (Å²) in [5, 5.41) is 0. The van der Waals surface area contributed by atoms with Gasteiger partial charge in [-0.1, -0.05) is 25.8 Å². The highest BCUT2D eigenvalue weighted by molar-refractivity contribution is 5.74. The number of cyclic esters (lactones) is 1. The molecule has 0 radical (unpaired) electrons. The molecule has 0 spiro atoms. The van der Waals surface area contributed by atoms with Gasteiger partial charge < -0.3 is 14.2 Å². The summed E-state index contributed by atoms with van der Waals surface area (Å²) in [5.41, 5.74) is 0. The van der Waals surface area contributed by atoms with Gasteiger partial charge >= 0.3 is 17.9 Å². The molecular formula is C19H30O6. The number of carbonyl (C=O) groups excluding carboxylic acids is 3. The van der Waals surface area contributed by atoms with E-state index in [-0.39, 0.29) is 5.97 Å². The number of rotatable bonds is 6. The predicted octanol–water partition coefficient (Wildman–Crippen LogP) is 3.33. The van der Waals surface area contributed by atoms with Crippen molar-refractivity contribution in [3.8, 4) is 0 Å². The Morgan fingerprint density at radius 1 is 1.20 bits per heavy atom. The first-order valence-electron chi connectivity index (χ1n) is 9.06. The van der Waals surface area contributed by atoms with Crippen molar-refractivity contribution in [2.75, 3.05) is 0 Å². The summed E-state index contributed by atoms with van der Waals surface area (Å²) in [7, 11) is 0. The van der Waals surface area contributed by atoms with E-state index < -0.39 is 36.2 Å². The first-order valence-corrected chi connectivity index (χ1v) is 9.06. The van der Waals surface area contributed by atoms with Crippen molar-refractivity contribution in [1.82, 2.24) is 0 Å². The van der Waals surface area contributed by atoms with Crippen molar-refractivity contribution in [2.45, 2.75) is 84.5 Å². The molecule has 0 unspecified atom stereocenters. The Balaban J connectivity index is 2.95. The molecule has 0 amide bonds. The lowest BCUT2D eigenvalue weighted by molar-refractivity contribution is -0.174. The summed E-state index contributed by atoms with van der Waals surface area (Å²) < 4.78 is 16.3. The van der Waals surface area contributed by atoms with Gasteiger partial charge in [0.15, 0.2) is 0 Å². The van der Waals surface area contributed by atoms with Crippen LogP contribution in [0.25, 0.3) is 0 Å². The van der Waals surface area contributed by atoms with Gasteiger partial charge in [0, 0.05) is 13.8 Å². The van der Waals surface area contributed by atoms with Gasteiger partial charge in [0.05, 0.1) is 5.92 Å². The monoisotopic (exact) mass is 354 g/mol. The van der Waals surface area contributed by atoms with Gasteiger partial charge in [0.2, 0.25) is 0 Å². The molecule has 142 valence electrons. The van der Waals surface area contributed by atoms with E-state index >= 15 is 0 Å². The highest BCUT2D eigenvalue weighted by Crippen LogP contribution is 2.23. The molecule has 0 N–H and O–H groups in total. The first-order chi connectivity index (χ1) is 11.8. The molecule has 0 bridgehead atoms. The second kappa shape index (κ2) is 10.9. The molecule has 0 saturated heterocycles. The standard InChI is InChI=1S/C19H30O6/c1-5-6-7-11-18-17(24-15(4)21)12-9-8-10-16(23-14(3)20)13(2)19(22)25-18/h8,10,13,16-18H,5-7,9,11-12H2,1-4H3/t13-,16-,17+,18-/m1/s1. The van der Waals surface area contributed by atoms with Crippen LogP contribution in [0.1, 0.15) is 66.2 Å². The Hall–Kier alpha value is -1.85. The van der Waals surface area contributed by atoms with Gasteiger partial charge in [-0.15, -0.1) is 0 Å². The predicted molar refractivity (Wildman–Crippen MR) is 92.7 cm³/mol.